The van der Waals surface area contributed by atoms with Gasteiger partial charge in [-0.1, -0.05) is 0 Å². The van der Waals surface area contributed by atoms with Gasteiger partial charge in [0.1, 0.15) is 0 Å². The summed E-state index contributed by atoms with van der Waals surface area (Å²) in [5.74, 6) is -1.93. The first kappa shape index (κ1) is 11.8. The molecular formula is C4H5CeNO3. The minimum Gasteiger partial charge on any atom is -0.478 e. The average molecular weight is 255 g/mol. The third kappa shape index (κ3) is 11.6. The number of nitrogens with two attached hydrogens (primary N) is 1. The molecule has 0 unspecified atom stereocenters. The molecule has 0 heterocycles. The topological polar surface area (TPSA) is 80.4 Å². The second-order valence-electron chi connectivity index (χ2n) is 1.07. The van der Waals surface area contributed by atoms with E-state index in [0.717, 1.165) is 6.08 Å². The Morgan fingerprint density at radius 2 is 1.78 bits per heavy atom. The number of carboxylic acid groups (broad SMARTS) is 1. The Bertz CT molecular complexity index is 127. The molecule has 0 bridgehead atoms. The van der Waals surface area contributed by atoms with Crippen molar-refractivity contribution in [1.29, 1.82) is 0 Å². The third-order valence-corrected chi connectivity index (χ3v) is 0.390. The van der Waals surface area contributed by atoms with Gasteiger partial charge in [0, 0.05) is 53.9 Å². The first-order chi connectivity index (χ1) is 3.63. The van der Waals surface area contributed by atoms with Crippen molar-refractivity contribution >= 4 is 11.9 Å². The fraction of sp³-hybridized carbons (Fsp3) is 0. The van der Waals surface area contributed by atoms with E-state index < -0.39 is 11.9 Å². The molecule has 1 amide bonds. The van der Waals surface area contributed by atoms with Crippen molar-refractivity contribution in [3.05, 3.63) is 12.2 Å². The standard InChI is InChI=1S/C4H5NO3.Ce/c5-3(6)1-2-4(7)8;/h1-2H,(H2,5,6)(H,7,8);/b2-1-;. The molecule has 0 saturated heterocycles. The number of carboxylic acids is 1. The minimum atomic E-state index is -1.18. The summed E-state index contributed by atoms with van der Waals surface area (Å²) in [6, 6.07) is 0. The second-order valence-corrected chi connectivity index (χ2v) is 1.07. The van der Waals surface area contributed by atoms with Gasteiger partial charge in [-0.2, -0.15) is 0 Å². The predicted molar refractivity (Wildman–Crippen MR) is 26.0 cm³/mol. The number of rotatable bonds is 2. The molecule has 0 fully saturated rings. The van der Waals surface area contributed by atoms with Crippen LogP contribution in [-0.4, -0.2) is 17.0 Å². The molecule has 0 aliphatic heterocycles. The van der Waals surface area contributed by atoms with Crippen LogP contribution in [0.15, 0.2) is 12.2 Å². The van der Waals surface area contributed by atoms with Gasteiger partial charge in [0.15, 0.2) is 0 Å². The first-order valence-electron chi connectivity index (χ1n) is 1.83. The molecule has 4 nitrogen and oxygen atoms in total. The molecule has 0 aromatic heterocycles. The number of carbonyl (C=O) groups is 2. The number of amides is 1. The van der Waals surface area contributed by atoms with E-state index >= 15 is 0 Å². The predicted octanol–water partition coefficient (Wildman–Crippen LogP) is -0.888. The van der Waals surface area contributed by atoms with Crippen LogP contribution >= 0.6 is 0 Å². The Labute approximate surface area is 85.5 Å². The summed E-state index contributed by atoms with van der Waals surface area (Å²) in [5, 5.41) is 7.87. The van der Waals surface area contributed by atoms with Gasteiger partial charge >= 0.3 is 5.97 Å². The van der Waals surface area contributed by atoms with Crippen LogP contribution in [0.4, 0.5) is 0 Å². The van der Waals surface area contributed by atoms with E-state index in [1.54, 1.807) is 0 Å². The summed E-state index contributed by atoms with van der Waals surface area (Å²) in [7, 11) is 0. The van der Waals surface area contributed by atoms with E-state index in [-0.39, 0.29) is 41.7 Å². The quantitative estimate of drug-likeness (QED) is 0.628. The van der Waals surface area contributed by atoms with Gasteiger partial charge in [-0.05, 0) is 0 Å². The zero-order chi connectivity index (χ0) is 6.57. The number of hydrogen-bond donors (Lipinski definition) is 2. The summed E-state index contributed by atoms with van der Waals surface area (Å²) < 4.78 is 0. The average Bonchev–Trinajstić information content (AvgIpc) is 1.61. The molecule has 3 N–H and O–H groups in total. The van der Waals surface area contributed by atoms with Crippen LogP contribution in [0.5, 0.6) is 0 Å². The second kappa shape index (κ2) is 6.18. The maximum absolute atomic E-state index is 9.78. The van der Waals surface area contributed by atoms with Crippen molar-refractivity contribution in [3.63, 3.8) is 0 Å². The van der Waals surface area contributed by atoms with E-state index in [4.69, 9.17) is 5.11 Å². The van der Waals surface area contributed by atoms with E-state index in [1.165, 1.54) is 0 Å². The van der Waals surface area contributed by atoms with Gasteiger partial charge in [0.2, 0.25) is 5.91 Å². The molecule has 0 aromatic rings. The van der Waals surface area contributed by atoms with Gasteiger partial charge in [0.05, 0.1) is 0 Å². The summed E-state index contributed by atoms with van der Waals surface area (Å²) in [6.45, 7) is 0. The van der Waals surface area contributed by atoms with Crippen LogP contribution in [0.25, 0.3) is 0 Å². The monoisotopic (exact) mass is 255 g/mol. The largest absolute Gasteiger partial charge is 0.478 e. The fourth-order valence-corrected chi connectivity index (χ4v) is 0.153. The summed E-state index contributed by atoms with van der Waals surface area (Å²) in [5.41, 5.74) is 4.55. The molecule has 0 atom stereocenters. The van der Waals surface area contributed by atoms with Gasteiger partial charge in [-0.25, -0.2) is 4.79 Å². The van der Waals surface area contributed by atoms with Crippen LogP contribution in [0, 0.1) is 41.7 Å². The van der Waals surface area contributed by atoms with Gasteiger partial charge in [0.25, 0.3) is 0 Å². The molecule has 0 radical (unpaired) electrons. The van der Waals surface area contributed by atoms with Gasteiger partial charge < -0.3 is 10.8 Å². The van der Waals surface area contributed by atoms with Gasteiger partial charge in [-0.15, -0.1) is 0 Å². The maximum Gasteiger partial charge on any atom is 0.328 e. The summed E-state index contributed by atoms with van der Waals surface area (Å²) in [6.07, 6.45) is 1.46. The van der Waals surface area contributed by atoms with E-state index in [9.17, 15) is 9.59 Å². The number of hydrogen-bond acceptors (Lipinski definition) is 2. The van der Waals surface area contributed by atoms with Crippen molar-refractivity contribution in [1.82, 2.24) is 0 Å². The van der Waals surface area contributed by atoms with Crippen molar-refractivity contribution in [2.45, 2.75) is 0 Å². The Kier molecular flexibility index (Phi) is 8.11. The van der Waals surface area contributed by atoms with Crippen molar-refractivity contribution in [2.75, 3.05) is 0 Å². The number of primary amides is 1. The first-order valence-corrected chi connectivity index (χ1v) is 1.83. The minimum absolute atomic E-state index is 0. The van der Waals surface area contributed by atoms with Gasteiger partial charge in [-0.3, -0.25) is 4.79 Å². The van der Waals surface area contributed by atoms with Crippen LogP contribution < -0.4 is 5.73 Å². The summed E-state index contributed by atoms with van der Waals surface area (Å²) in [4.78, 5) is 19.4. The number of aliphatic carboxylic acids is 1. The Balaban J connectivity index is 0. The molecule has 5 heteroatoms. The zero-order valence-corrected chi connectivity index (χ0v) is 7.64. The molecule has 0 aliphatic carbocycles. The maximum atomic E-state index is 9.78. The molecule has 9 heavy (non-hydrogen) atoms. The molecular weight excluding hydrogens is 250 g/mol. The van der Waals surface area contributed by atoms with Crippen LogP contribution in [-0.2, 0) is 9.59 Å². The van der Waals surface area contributed by atoms with Crippen molar-refractivity contribution in [2.24, 2.45) is 5.73 Å². The molecule has 0 rings (SSSR count). The SMILES string of the molecule is NC(=O)/C=C\C(=O)O.[Ce]. The zero-order valence-electron chi connectivity index (χ0n) is 4.50. The third-order valence-electron chi connectivity index (χ3n) is 0.390. The summed E-state index contributed by atoms with van der Waals surface area (Å²) >= 11 is 0. The van der Waals surface area contributed by atoms with Crippen molar-refractivity contribution in [3.8, 4) is 0 Å². The van der Waals surface area contributed by atoms with Crippen LogP contribution in [0.2, 0.25) is 0 Å². The normalized spacial score (nSPS) is 8.44. The molecule has 0 spiro atoms. The van der Waals surface area contributed by atoms with Crippen molar-refractivity contribution < 1.29 is 56.4 Å². The molecule has 0 saturated carbocycles. The Hall–Kier alpha value is 0.0566. The van der Waals surface area contributed by atoms with E-state index in [0.29, 0.717) is 6.08 Å². The Morgan fingerprint density at radius 3 is 1.89 bits per heavy atom. The van der Waals surface area contributed by atoms with Crippen LogP contribution in [0.1, 0.15) is 0 Å². The fourth-order valence-electron chi connectivity index (χ4n) is 0.153. The van der Waals surface area contributed by atoms with Crippen LogP contribution in [0.3, 0.4) is 0 Å². The molecule has 0 aromatic carbocycles. The number of carbonyl (C=O) groups excluding carboxylic acids is 1. The Morgan fingerprint density at radius 1 is 1.33 bits per heavy atom. The van der Waals surface area contributed by atoms with E-state index in [2.05, 4.69) is 5.73 Å². The smallest absolute Gasteiger partial charge is 0.328 e. The molecule has 0 aliphatic rings. The molecule has 48 valence electrons. The van der Waals surface area contributed by atoms with E-state index in [1.807, 2.05) is 0 Å².